The van der Waals surface area contributed by atoms with Crippen LogP contribution in [-0.4, -0.2) is 45.0 Å². The van der Waals surface area contributed by atoms with Crippen LogP contribution in [0.5, 0.6) is 0 Å². The van der Waals surface area contributed by atoms with Crippen LogP contribution in [0.2, 0.25) is 0 Å². The molecule has 0 atom stereocenters. The first-order chi connectivity index (χ1) is 20.1. The second-order valence-electron chi connectivity index (χ2n) is 10.5. The van der Waals surface area contributed by atoms with E-state index in [4.69, 9.17) is 0 Å². The Morgan fingerprint density at radius 1 is 0.805 bits per heavy atom. The van der Waals surface area contributed by atoms with Gasteiger partial charge in [0.1, 0.15) is 5.69 Å². The molecule has 0 unspecified atom stereocenters. The van der Waals surface area contributed by atoms with Crippen LogP contribution in [-0.2, 0) is 0 Å². The van der Waals surface area contributed by atoms with E-state index >= 15 is 0 Å². The van der Waals surface area contributed by atoms with E-state index in [-0.39, 0.29) is 12.0 Å². The van der Waals surface area contributed by atoms with E-state index < -0.39 is 0 Å². The van der Waals surface area contributed by atoms with E-state index in [0.29, 0.717) is 11.4 Å². The molecule has 1 aliphatic rings. The van der Waals surface area contributed by atoms with Gasteiger partial charge in [0.05, 0.1) is 23.5 Å². The Labute approximate surface area is 237 Å². The van der Waals surface area contributed by atoms with Crippen LogP contribution < -0.4 is 15.5 Å². The summed E-state index contributed by atoms with van der Waals surface area (Å²) in [4.78, 5) is 18.2. The zero-order chi connectivity index (χ0) is 27.8. The van der Waals surface area contributed by atoms with Crippen LogP contribution in [0.3, 0.4) is 0 Å². The van der Waals surface area contributed by atoms with E-state index in [0.717, 1.165) is 64.8 Å². The second-order valence-corrected chi connectivity index (χ2v) is 10.5. The Morgan fingerprint density at radius 3 is 2.29 bits per heavy atom. The van der Waals surface area contributed by atoms with Crippen molar-refractivity contribution in [2.24, 2.45) is 0 Å². The molecule has 204 valence electrons. The highest BCUT2D eigenvalue weighted by Gasteiger charge is 2.17. The third kappa shape index (κ3) is 5.13. The summed E-state index contributed by atoms with van der Waals surface area (Å²) in [5, 5.41) is 22.9. The molecule has 4 aromatic carbocycles. The summed E-state index contributed by atoms with van der Waals surface area (Å²) in [6.07, 6.45) is 3.33. The van der Waals surface area contributed by atoms with Gasteiger partial charge in [-0.15, -0.1) is 0 Å². The number of aliphatic hydroxyl groups excluding tert-OH is 1. The van der Waals surface area contributed by atoms with Crippen molar-refractivity contribution < 1.29 is 9.90 Å². The number of rotatable bonds is 6. The molecule has 1 amide bonds. The van der Waals surface area contributed by atoms with Crippen molar-refractivity contribution in [3.05, 3.63) is 109 Å². The molecule has 7 rings (SSSR count). The fraction of sp³-hybridized carbons (Fsp3) is 0.152. The van der Waals surface area contributed by atoms with Gasteiger partial charge in [-0.3, -0.25) is 4.79 Å². The maximum absolute atomic E-state index is 12.8. The molecule has 8 nitrogen and oxygen atoms in total. The van der Waals surface area contributed by atoms with Gasteiger partial charge in [0, 0.05) is 52.1 Å². The van der Waals surface area contributed by atoms with Crippen LogP contribution in [0.25, 0.3) is 27.5 Å². The predicted octanol–water partition coefficient (Wildman–Crippen LogP) is 6.46. The van der Waals surface area contributed by atoms with E-state index in [1.807, 2.05) is 65.5 Å². The lowest BCUT2D eigenvalue weighted by Gasteiger charge is -2.31. The number of aliphatic hydroxyl groups is 1. The Hall–Kier alpha value is -5.08. The number of anilines is 4. The minimum absolute atomic E-state index is 0.171. The maximum Gasteiger partial charge on any atom is 0.272 e. The fourth-order valence-electron chi connectivity index (χ4n) is 5.44. The van der Waals surface area contributed by atoms with Crippen molar-refractivity contribution in [3.8, 4) is 5.69 Å². The van der Waals surface area contributed by atoms with E-state index in [1.54, 1.807) is 0 Å². The standard InChI is InChI=1S/C33H30N6O2/c40-29-15-17-38(18-16-29)27-10-5-24(6-11-27)35-26-9-14-32-23(19-26)21-34-39(32)28-12-7-25(8-13-28)36-33(41)31-20-22-3-1-2-4-30(22)37-31/h1-14,19-21,29,35,37,40H,15-18H2,(H,36,41). The number of aromatic nitrogens is 3. The predicted molar refractivity (Wildman–Crippen MR) is 165 cm³/mol. The SMILES string of the molecule is O=C(Nc1ccc(-n2ncc3cc(Nc4ccc(N5CCC(O)CC5)cc4)ccc32)cc1)c1cc2ccccc2[nH]1. The number of para-hydroxylation sites is 1. The first-order valence-electron chi connectivity index (χ1n) is 13.9. The third-order valence-corrected chi connectivity index (χ3v) is 7.70. The zero-order valence-electron chi connectivity index (χ0n) is 22.4. The summed E-state index contributed by atoms with van der Waals surface area (Å²) in [5.74, 6) is -0.181. The minimum atomic E-state index is -0.181. The molecule has 0 radical (unpaired) electrons. The lowest BCUT2D eigenvalue weighted by Crippen LogP contribution is -2.35. The molecule has 1 aliphatic heterocycles. The molecule has 2 aromatic heterocycles. The first-order valence-corrected chi connectivity index (χ1v) is 13.9. The number of carbonyl (C=O) groups excluding carboxylic acids is 1. The molecular formula is C33H30N6O2. The topological polar surface area (TPSA) is 98.2 Å². The van der Waals surface area contributed by atoms with Crippen molar-refractivity contribution in [3.63, 3.8) is 0 Å². The summed E-state index contributed by atoms with van der Waals surface area (Å²) in [6, 6.07) is 32.0. The summed E-state index contributed by atoms with van der Waals surface area (Å²) in [6.45, 7) is 1.77. The molecule has 0 saturated carbocycles. The number of H-pyrrole nitrogens is 1. The van der Waals surface area contributed by atoms with Crippen molar-refractivity contribution in [2.45, 2.75) is 18.9 Å². The fourth-order valence-corrected chi connectivity index (χ4v) is 5.44. The van der Waals surface area contributed by atoms with Crippen molar-refractivity contribution in [2.75, 3.05) is 28.6 Å². The Morgan fingerprint density at radius 2 is 1.51 bits per heavy atom. The van der Waals surface area contributed by atoms with Crippen LogP contribution in [0.1, 0.15) is 23.3 Å². The molecule has 1 fully saturated rings. The quantitative estimate of drug-likeness (QED) is 0.194. The molecule has 8 heteroatoms. The van der Waals surface area contributed by atoms with Crippen LogP contribution in [0, 0.1) is 0 Å². The highest BCUT2D eigenvalue weighted by Crippen LogP contribution is 2.27. The van der Waals surface area contributed by atoms with Crippen molar-refractivity contribution in [1.29, 1.82) is 0 Å². The monoisotopic (exact) mass is 542 g/mol. The summed E-state index contributed by atoms with van der Waals surface area (Å²) in [5.41, 5.74) is 7.26. The first kappa shape index (κ1) is 24.9. The van der Waals surface area contributed by atoms with Gasteiger partial charge in [-0.05, 0) is 91.7 Å². The number of fused-ring (bicyclic) bond motifs is 2. The van der Waals surface area contributed by atoms with Gasteiger partial charge in [-0.1, -0.05) is 18.2 Å². The molecule has 4 N–H and O–H groups in total. The molecule has 41 heavy (non-hydrogen) atoms. The average molecular weight is 543 g/mol. The molecule has 1 saturated heterocycles. The molecule has 0 aliphatic carbocycles. The van der Waals surface area contributed by atoms with Gasteiger partial charge in [0.25, 0.3) is 5.91 Å². The van der Waals surface area contributed by atoms with Gasteiger partial charge in [0.2, 0.25) is 0 Å². The Bertz CT molecular complexity index is 1800. The van der Waals surface area contributed by atoms with E-state index in [2.05, 4.69) is 68.1 Å². The average Bonchev–Trinajstić information content (AvgIpc) is 3.63. The molecule has 0 bridgehead atoms. The maximum atomic E-state index is 12.8. The van der Waals surface area contributed by atoms with Gasteiger partial charge >= 0.3 is 0 Å². The highest BCUT2D eigenvalue weighted by molar-refractivity contribution is 6.06. The van der Waals surface area contributed by atoms with Gasteiger partial charge in [0.15, 0.2) is 0 Å². The van der Waals surface area contributed by atoms with Gasteiger partial charge < -0.3 is 25.6 Å². The number of amides is 1. The molecule has 0 spiro atoms. The number of nitrogens with one attached hydrogen (secondary N) is 3. The normalized spacial score (nSPS) is 14.0. The van der Waals surface area contributed by atoms with Crippen LogP contribution in [0.15, 0.2) is 103 Å². The van der Waals surface area contributed by atoms with Crippen LogP contribution in [0.4, 0.5) is 22.7 Å². The lowest BCUT2D eigenvalue weighted by molar-refractivity contribution is 0.102. The number of nitrogens with zero attached hydrogens (tertiary/aromatic N) is 3. The van der Waals surface area contributed by atoms with Gasteiger partial charge in [-0.25, -0.2) is 4.68 Å². The Kier molecular flexibility index (Phi) is 6.37. The third-order valence-electron chi connectivity index (χ3n) is 7.70. The van der Waals surface area contributed by atoms with Crippen LogP contribution >= 0.6 is 0 Å². The summed E-state index contributed by atoms with van der Waals surface area (Å²) in [7, 11) is 0. The molecule has 3 heterocycles. The van der Waals surface area contributed by atoms with Crippen molar-refractivity contribution in [1.82, 2.24) is 14.8 Å². The van der Waals surface area contributed by atoms with Gasteiger partial charge in [-0.2, -0.15) is 5.10 Å². The second kappa shape index (κ2) is 10.5. The zero-order valence-corrected chi connectivity index (χ0v) is 22.4. The molecular weight excluding hydrogens is 512 g/mol. The summed E-state index contributed by atoms with van der Waals surface area (Å²) >= 11 is 0. The number of hydrogen-bond donors (Lipinski definition) is 4. The number of hydrogen-bond acceptors (Lipinski definition) is 5. The Balaban J connectivity index is 1.02. The minimum Gasteiger partial charge on any atom is -0.393 e. The van der Waals surface area contributed by atoms with E-state index in [1.165, 1.54) is 5.69 Å². The lowest BCUT2D eigenvalue weighted by atomic mass is 10.1. The smallest absolute Gasteiger partial charge is 0.272 e. The highest BCUT2D eigenvalue weighted by atomic mass is 16.3. The number of benzene rings is 4. The number of aromatic amines is 1. The summed E-state index contributed by atoms with van der Waals surface area (Å²) < 4.78 is 1.90. The van der Waals surface area contributed by atoms with Crippen molar-refractivity contribution >= 4 is 50.5 Å². The number of carbonyl (C=O) groups is 1. The molecule has 6 aromatic rings. The number of piperidine rings is 1. The largest absolute Gasteiger partial charge is 0.393 e. The van der Waals surface area contributed by atoms with E-state index in [9.17, 15) is 9.90 Å².